The van der Waals surface area contributed by atoms with Crippen molar-refractivity contribution < 1.29 is 9.53 Å². The van der Waals surface area contributed by atoms with Gasteiger partial charge < -0.3 is 14.5 Å². The molecule has 0 radical (unpaired) electrons. The van der Waals surface area contributed by atoms with E-state index >= 15 is 0 Å². The Hall–Kier alpha value is -2.17. The van der Waals surface area contributed by atoms with E-state index in [1.165, 1.54) is 0 Å². The second kappa shape index (κ2) is 8.89. The van der Waals surface area contributed by atoms with E-state index in [1.807, 2.05) is 17.0 Å². The predicted molar refractivity (Wildman–Crippen MR) is 106 cm³/mol. The van der Waals surface area contributed by atoms with Gasteiger partial charge in [-0.05, 0) is 44.4 Å². The number of likely N-dealkylation sites (tertiary alicyclic amines) is 1. The third kappa shape index (κ3) is 4.29. The monoisotopic (exact) mass is 383 g/mol. The van der Waals surface area contributed by atoms with Crippen LogP contribution in [0.2, 0.25) is 0 Å². The van der Waals surface area contributed by atoms with Crippen molar-refractivity contribution in [2.24, 2.45) is 5.92 Å². The summed E-state index contributed by atoms with van der Waals surface area (Å²) in [6, 6.07) is 6.44. The number of nitriles is 1. The summed E-state index contributed by atoms with van der Waals surface area (Å²) in [7, 11) is 0. The number of aromatic nitrogens is 1. The van der Waals surface area contributed by atoms with Gasteiger partial charge >= 0.3 is 0 Å². The molecule has 3 aliphatic rings. The predicted octanol–water partition coefficient (Wildman–Crippen LogP) is 1.49. The second-order valence-corrected chi connectivity index (χ2v) is 8.01. The fourth-order valence-electron chi connectivity index (χ4n) is 4.68. The summed E-state index contributed by atoms with van der Waals surface area (Å²) in [5.41, 5.74) is 0.600. The molecule has 0 aromatic carbocycles. The van der Waals surface area contributed by atoms with Crippen LogP contribution in [0.5, 0.6) is 0 Å². The molecule has 0 saturated carbocycles. The van der Waals surface area contributed by atoms with Crippen LogP contribution in [0.3, 0.4) is 0 Å². The summed E-state index contributed by atoms with van der Waals surface area (Å²) < 4.78 is 5.38. The third-order valence-corrected chi connectivity index (χ3v) is 6.31. The normalized spacial score (nSPS) is 24.8. The number of nitrogens with zero attached hydrogens (tertiary/aromatic N) is 5. The van der Waals surface area contributed by atoms with E-state index in [0.29, 0.717) is 30.7 Å². The Bertz CT molecular complexity index is 703. The lowest BCUT2D eigenvalue weighted by Crippen LogP contribution is -2.52. The van der Waals surface area contributed by atoms with Crippen molar-refractivity contribution in [2.45, 2.75) is 31.7 Å². The number of anilines is 1. The summed E-state index contributed by atoms with van der Waals surface area (Å²) in [6.07, 6.45) is 5.97. The fourth-order valence-corrected chi connectivity index (χ4v) is 4.68. The molecule has 1 aromatic heterocycles. The number of rotatable bonds is 3. The molecule has 1 amide bonds. The standard InChI is InChI=1S/C21H29N5O2/c22-14-17-3-4-20(23-15-17)24-8-5-19(6-9-24)26-7-1-2-18(16-26)21(27)25-10-12-28-13-11-25/h3-4,15,18-19H,1-2,5-13,16H2. The molecule has 1 aromatic rings. The largest absolute Gasteiger partial charge is 0.378 e. The average Bonchev–Trinajstić information content (AvgIpc) is 2.79. The van der Waals surface area contributed by atoms with E-state index in [1.54, 1.807) is 6.20 Å². The Morgan fingerprint density at radius 1 is 1.11 bits per heavy atom. The lowest BCUT2D eigenvalue weighted by atomic mass is 9.92. The van der Waals surface area contributed by atoms with Crippen molar-refractivity contribution >= 4 is 11.7 Å². The molecule has 0 spiro atoms. The summed E-state index contributed by atoms with van der Waals surface area (Å²) in [5.74, 6) is 1.42. The van der Waals surface area contributed by atoms with Gasteiger partial charge in [0, 0.05) is 45.0 Å². The van der Waals surface area contributed by atoms with E-state index < -0.39 is 0 Å². The van der Waals surface area contributed by atoms with E-state index in [9.17, 15) is 4.79 Å². The highest BCUT2D eigenvalue weighted by atomic mass is 16.5. The number of piperidine rings is 2. The van der Waals surface area contributed by atoms with Gasteiger partial charge in [-0.2, -0.15) is 5.26 Å². The van der Waals surface area contributed by atoms with E-state index in [4.69, 9.17) is 10.00 Å². The van der Waals surface area contributed by atoms with Crippen LogP contribution in [-0.2, 0) is 9.53 Å². The van der Waals surface area contributed by atoms with Gasteiger partial charge in [0.1, 0.15) is 11.9 Å². The molecule has 7 nitrogen and oxygen atoms in total. The van der Waals surface area contributed by atoms with Crippen LogP contribution in [0, 0.1) is 17.2 Å². The maximum absolute atomic E-state index is 12.9. The molecule has 28 heavy (non-hydrogen) atoms. The first-order valence-corrected chi connectivity index (χ1v) is 10.5. The van der Waals surface area contributed by atoms with Crippen molar-refractivity contribution in [2.75, 3.05) is 57.4 Å². The van der Waals surface area contributed by atoms with E-state index in [2.05, 4.69) is 20.9 Å². The topological polar surface area (TPSA) is 72.7 Å². The van der Waals surface area contributed by atoms with Crippen molar-refractivity contribution in [1.29, 1.82) is 5.26 Å². The van der Waals surface area contributed by atoms with Crippen LogP contribution in [0.4, 0.5) is 5.82 Å². The molecule has 0 N–H and O–H groups in total. The van der Waals surface area contributed by atoms with Gasteiger partial charge in [-0.1, -0.05) is 0 Å². The van der Waals surface area contributed by atoms with Crippen molar-refractivity contribution in [3.05, 3.63) is 23.9 Å². The van der Waals surface area contributed by atoms with Crippen LogP contribution in [0.25, 0.3) is 0 Å². The van der Waals surface area contributed by atoms with Gasteiger partial charge in [0.2, 0.25) is 5.91 Å². The van der Waals surface area contributed by atoms with Gasteiger partial charge in [-0.15, -0.1) is 0 Å². The van der Waals surface area contributed by atoms with E-state index in [-0.39, 0.29) is 5.92 Å². The third-order valence-electron chi connectivity index (χ3n) is 6.31. The smallest absolute Gasteiger partial charge is 0.227 e. The minimum atomic E-state index is 0.144. The fraction of sp³-hybridized carbons (Fsp3) is 0.667. The number of carbonyl (C=O) groups excluding carboxylic acids is 1. The van der Waals surface area contributed by atoms with Gasteiger partial charge in [0.25, 0.3) is 0 Å². The van der Waals surface area contributed by atoms with Crippen LogP contribution < -0.4 is 4.90 Å². The molecule has 4 heterocycles. The van der Waals surface area contributed by atoms with Crippen LogP contribution >= 0.6 is 0 Å². The highest BCUT2D eigenvalue weighted by molar-refractivity contribution is 5.79. The van der Waals surface area contributed by atoms with Gasteiger partial charge in [-0.3, -0.25) is 9.69 Å². The average molecular weight is 383 g/mol. The number of hydrogen-bond donors (Lipinski definition) is 0. The molecule has 3 saturated heterocycles. The van der Waals surface area contributed by atoms with Gasteiger partial charge in [-0.25, -0.2) is 4.98 Å². The van der Waals surface area contributed by atoms with Crippen molar-refractivity contribution in [3.8, 4) is 6.07 Å². The highest BCUT2D eigenvalue weighted by Crippen LogP contribution is 2.26. The molecule has 1 unspecified atom stereocenters. The zero-order valence-corrected chi connectivity index (χ0v) is 16.4. The zero-order chi connectivity index (χ0) is 19.3. The lowest BCUT2D eigenvalue weighted by Gasteiger charge is -2.43. The molecular weight excluding hydrogens is 354 g/mol. The highest BCUT2D eigenvalue weighted by Gasteiger charge is 2.34. The quantitative estimate of drug-likeness (QED) is 0.788. The van der Waals surface area contributed by atoms with Gasteiger partial charge in [0.05, 0.1) is 24.7 Å². The molecule has 0 bridgehead atoms. The summed E-state index contributed by atoms with van der Waals surface area (Å²) >= 11 is 0. The van der Waals surface area contributed by atoms with Crippen molar-refractivity contribution in [3.63, 3.8) is 0 Å². The van der Waals surface area contributed by atoms with Gasteiger partial charge in [0.15, 0.2) is 0 Å². The molecule has 0 aliphatic carbocycles. The number of amides is 1. The zero-order valence-electron chi connectivity index (χ0n) is 16.4. The molecule has 150 valence electrons. The van der Waals surface area contributed by atoms with Crippen molar-refractivity contribution in [1.82, 2.24) is 14.8 Å². The lowest BCUT2D eigenvalue weighted by molar-refractivity contribution is -0.141. The Balaban J connectivity index is 1.30. The first kappa shape index (κ1) is 19.2. The molecule has 7 heteroatoms. The van der Waals surface area contributed by atoms with Crippen LogP contribution in [0.1, 0.15) is 31.2 Å². The van der Waals surface area contributed by atoms with Crippen LogP contribution in [0.15, 0.2) is 18.3 Å². The minimum absolute atomic E-state index is 0.144. The van der Waals surface area contributed by atoms with Crippen LogP contribution in [-0.4, -0.2) is 79.2 Å². The number of carbonyl (C=O) groups is 1. The summed E-state index contributed by atoms with van der Waals surface area (Å²) in [4.78, 5) is 24.2. The maximum Gasteiger partial charge on any atom is 0.227 e. The maximum atomic E-state index is 12.9. The summed E-state index contributed by atoms with van der Waals surface area (Å²) in [6.45, 7) is 6.78. The Labute approximate surface area is 166 Å². The molecule has 3 fully saturated rings. The number of pyridine rings is 1. The second-order valence-electron chi connectivity index (χ2n) is 8.01. The number of ether oxygens (including phenoxy) is 1. The first-order valence-electron chi connectivity index (χ1n) is 10.5. The number of hydrogen-bond acceptors (Lipinski definition) is 6. The Kier molecular flexibility index (Phi) is 6.08. The Morgan fingerprint density at radius 2 is 1.89 bits per heavy atom. The minimum Gasteiger partial charge on any atom is -0.378 e. The SMILES string of the molecule is N#Cc1ccc(N2CCC(N3CCCC(C(=O)N4CCOCC4)C3)CC2)nc1. The molecule has 4 rings (SSSR count). The molecule has 1 atom stereocenters. The summed E-state index contributed by atoms with van der Waals surface area (Å²) in [5, 5.41) is 8.92. The number of morpholine rings is 1. The molecular formula is C21H29N5O2. The molecule has 3 aliphatic heterocycles. The Morgan fingerprint density at radius 3 is 2.57 bits per heavy atom. The van der Waals surface area contributed by atoms with E-state index in [0.717, 1.165) is 70.8 Å². The first-order chi connectivity index (χ1) is 13.7.